The Balaban J connectivity index is 0.000000487. The van der Waals surface area contributed by atoms with Crippen molar-refractivity contribution in [1.82, 2.24) is 0 Å². The second-order valence-corrected chi connectivity index (χ2v) is 8.93. The molecule has 0 unspecified atom stereocenters. The first-order valence-corrected chi connectivity index (χ1v) is 11.6. The number of hydrogen-bond acceptors (Lipinski definition) is 0. The van der Waals surface area contributed by atoms with Gasteiger partial charge in [0.1, 0.15) is 17.5 Å². The van der Waals surface area contributed by atoms with Crippen molar-refractivity contribution in [2.45, 2.75) is 0 Å². The van der Waals surface area contributed by atoms with Gasteiger partial charge >= 0.3 is 7.25 Å². The van der Waals surface area contributed by atoms with Crippen molar-refractivity contribution in [2.75, 3.05) is 0 Å². The first kappa shape index (κ1) is 24.0. The van der Waals surface area contributed by atoms with Crippen LogP contribution in [-0.4, -0.2) is 7.25 Å². The molecule has 0 N–H and O–H groups in total. The second-order valence-electron chi connectivity index (χ2n) is 8.93. The van der Waals surface area contributed by atoms with Crippen molar-refractivity contribution in [3.8, 4) is 11.1 Å². The topological polar surface area (TPSA) is 4.10 Å². The molecule has 0 amide bonds. The highest BCUT2D eigenvalue weighted by Gasteiger charge is 2.25. The third kappa shape index (κ3) is 4.04. The van der Waals surface area contributed by atoms with Crippen LogP contribution < -0.4 is 4.40 Å². The highest BCUT2D eigenvalue weighted by molar-refractivity contribution is 6.50. The number of hydrogen-bond donors (Lipinski definition) is 0. The van der Waals surface area contributed by atoms with Crippen LogP contribution in [0.4, 0.5) is 30.4 Å². The summed E-state index contributed by atoms with van der Waals surface area (Å²) in [6, 6.07) is 26.0. The highest BCUT2D eigenvalue weighted by atomic mass is 19.5. The van der Waals surface area contributed by atoms with E-state index in [0.29, 0.717) is 0 Å². The third-order valence-electron chi connectivity index (χ3n) is 6.60. The minimum absolute atomic E-state index is 0.298. The van der Waals surface area contributed by atoms with E-state index in [1.54, 1.807) is 36.4 Å². The largest absolute Gasteiger partial charge is 0.673 e. The fourth-order valence-corrected chi connectivity index (χ4v) is 5.19. The van der Waals surface area contributed by atoms with Gasteiger partial charge in [0, 0.05) is 22.9 Å². The predicted molar refractivity (Wildman–Crippen MR) is 136 cm³/mol. The van der Waals surface area contributed by atoms with Gasteiger partial charge in [-0.3, -0.25) is 0 Å². The standard InChI is InChI=1S/C29H15F3N.BF4/c30-18-6-4-16(5-7-18)17-12-27-21-10-8-19(31)14-25(21)23-2-1-3-24-26-15-20(32)9-11-22(26)28(13-17)33(27)29(23)24;2-1(3,4)5/h1-15H;/q+1;-1. The van der Waals surface area contributed by atoms with Gasteiger partial charge in [-0.1, -0.05) is 18.2 Å². The van der Waals surface area contributed by atoms with Crippen LogP contribution in [0.5, 0.6) is 0 Å². The monoisotopic (exact) mass is 521 g/mol. The zero-order chi connectivity index (χ0) is 26.8. The number of halogens is 7. The Kier molecular flexibility index (Phi) is 5.41. The summed E-state index contributed by atoms with van der Waals surface area (Å²) >= 11 is 0. The van der Waals surface area contributed by atoms with Gasteiger partial charge in [-0.05, 0) is 71.8 Å². The van der Waals surface area contributed by atoms with E-state index in [0.717, 1.165) is 60.0 Å². The van der Waals surface area contributed by atoms with Crippen LogP contribution in [0.25, 0.3) is 60.0 Å². The molecule has 7 rings (SSSR count). The van der Waals surface area contributed by atoms with Gasteiger partial charge in [0.05, 0.1) is 21.5 Å². The maximum Gasteiger partial charge on any atom is 0.673 e. The lowest BCUT2D eigenvalue weighted by atomic mass is 9.95. The highest BCUT2D eigenvalue weighted by Crippen LogP contribution is 2.37. The van der Waals surface area contributed by atoms with E-state index >= 15 is 0 Å². The quantitative estimate of drug-likeness (QED) is 0.0669. The van der Waals surface area contributed by atoms with Gasteiger partial charge in [-0.2, -0.15) is 4.40 Å². The number of para-hydroxylation sites is 1. The molecular formula is C29H15BF7N. The van der Waals surface area contributed by atoms with Crippen LogP contribution in [0.15, 0.2) is 91.0 Å². The van der Waals surface area contributed by atoms with Gasteiger partial charge in [0.25, 0.3) is 0 Å². The zero-order valence-electron chi connectivity index (χ0n) is 19.3. The Bertz CT molecular complexity index is 1890. The molecule has 188 valence electrons. The number of fused-ring (bicyclic) bond motifs is 6. The lowest BCUT2D eigenvalue weighted by Crippen LogP contribution is -2.26. The van der Waals surface area contributed by atoms with Crippen molar-refractivity contribution in [3.63, 3.8) is 0 Å². The molecule has 0 aliphatic carbocycles. The van der Waals surface area contributed by atoms with Crippen LogP contribution >= 0.6 is 0 Å². The molecular weight excluding hydrogens is 506 g/mol. The zero-order valence-corrected chi connectivity index (χ0v) is 19.3. The molecule has 0 atom stereocenters. The van der Waals surface area contributed by atoms with E-state index in [4.69, 9.17) is 0 Å². The van der Waals surface area contributed by atoms with Gasteiger partial charge < -0.3 is 17.3 Å². The number of benzene rings is 4. The summed E-state index contributed by atoms with van der Waals surface area (Å²) in [6.07, 6.45) is 0. The number of pyridine rings is 3. The summed E-state index contributed by atoms with van der Waals surface area (Å²) in [6.45, 7) is 0. The lowest BCUT2D eigenvalue weighted by molar-refractivity contribution is -0.448. The molecule has 0 aliphatic heterocycles. The molecule has 1 nitrogen and oxygen atoms in total. The SMILES string of the molecule is F[B-](F)(F)F.Fc1ccc(-c2cc3c4ccc(F)cc4c4cccc5c6cc(F)ccc6c(c2)[n+]3c45)cc1. The maximum atomic E-state index is 14.3. The maximum absolute atomic E-state index is 14.3. The van der Waals surface area contributed by atoms with E-state index in [1.807, 2.05) is 18.2 Å². The van der Waals surface area contributed by atoms with E-state index in [2.05, 4.69) is 16.5 Å². The van der Waals surface area contributed by atoms with E-state index < -0.39 is 7.25 Å². The molecule has 0 radical (unpaired) electrons. The molecule has 0 spiro atoms. The molecule has 7 aromatic rings. The Morgan fingerprint density at radius 2 is 0.895 bits per heavy atom. The summed E-state index contributed by atoms with van der Waals surface area (Å²) in [5, 5.41) is 5.24. The minimum atomic E-state index is -6.00. The Morgan fingerprint density at radius 1 is 0.447 bits per heavy atom. The normalized spacial score (nSPS) is 12.1. The fourth-order valence-electron chi connectivity index (χ4n) is 5.19. The van der Waals surface area contributed by atoms with Crippen molar-refractivity contribution in [2.24, 2.45) is 0 Å². The van der Waals surface area contributed by atoms with Crippen LogP contribution in [0.1, 0.15) is 0 Å². The second kappa shape index (κ2) is 8.58. The molecule has 9 heteroatoms. The summed E-state index contributed by atoms with van der Waals surface area (Å²) in [7, 11) is -6.00. The van der Waals surface area contributed by atoms with Gasteiger partial charge in [-0.15, -0.1) is 0 Å². The first-order chi connectivity index (χ1) is 18.1. The summed E-state index contributed by atoms with van der Waals surface area (Å²) in [4.78, 5) is 0. The van der Waals surface area contributed by atoms with Crippen LogP contribution in [0.3, 0.4) is 0 Å². The minimum Gasteiger partial charge on any atom is -0.418 e. The van der Waals surface area contributed by atoms with E-state index in [1.165, 1.54) is 24.3 Å². The van der Waals surface area contributed by atoms with Gasteiger partial charge in [-0.25, -0.2) is 13.2 Å². The third-order valence-corrected chi connectivity index (χ3v) is 6.60. The predicted octanol–water partition coefficient (Wildman–Crippen LogP) is 8.86. The van der Waals surface area contributed by atoms with Crippen LogP contribution in [0, 0.1) is 17.5 Å². The van der Waals surface area contributed by atoms with Gasteiger partial charge in [0.2, 0.25) is 16.6 Å². The first-order valence-electron chi connectivity index (χ1n) is 11.6. The molecule has 38 heavy (non-hydrogen) atoms. The molecule has 0 fully saturated rings. The van der Waals surface area contributed by atoms with Crippen molar-refractivity contribution >= 4 is 56.1 Å². The fraction of sp³-hybridized carbons (Fsp3) is 0. The Morgan fingerprint density at radius 3 is 1.37 bits per heavy atom. The van der Waals surface area contributed by atoms with E-state index in [-0.39, 0.29) is 17.5 Å². The van der Waals surface area contributed by atoms with Crippen LogP contribution in [-0.2, 0) is 0 Å². The summed E-state index contributed by atoms with van der Waals surface area (Å²) in [5.41, 5.74) is 4.52. The smallest absolute Gasteiger partial charge is 0.418 e. The van der Waals surface area contributed by atoms with Crippen molar-refractivity contribution < 1.29 is 34.8 Å². The molecule has 3 heterocycles. The van der Waals surface area contributed by atoms with E-state index in [9.17, 15) is 30.4 Å². The summed E-state index contributed by atoms with van der Waals surface area (Å²) < 4.78 is 83.4. The van der Waals surface area contributed by atoms with Crippen molar-refractivity contribution in [1.29, 1.82) is 0 Å². The molecule has 3 aromatic heterocycles. The average molecular weight is 521 g/mol. The number of rotatable bonds is 1. The van der Waals surface area contributed by atoms with Gasteiger partial charge in [0.15, 0.2) is 0 Å². The molecule has 0 saturated heterocycles. The Hall–Kier alpha value is -4.40. The Labute approximate surface area is 210 Å². The number of aromatic nitrogens is 1. The average Bonchev–Trinajstić information content (AvgIpc) is 2.87. The number of nitrogens with zero attached hydrogens (tertiary/aromatic N) is 1. The summed E-state index contributed by atoms with van der Waals surface area (Å²) in [5.74, 6) is -0.915. The molecule has 0 saturated carbocycles. The van der Waals surface area contributed by atoms with Crippen molar-refractivity contribution in [3.05, 3.63) is 108 Å². The lowest BCUT2D eigenvalue weighted by Gasteiger charge is -2.13. The molecule has 0 aliphatic rings. The molecule has 0 bridgehead atoms. The van der Waals surface area contributed by atoms with Crippen LogP contribution in [0.2, 0.25) is 0 Å². The molecule has 4 aromatic carbocycles.